The minimum absolute atomic E-state index is 0.000000000000000222. The second kappa shape index (κ2) is 3.04. The SMILES string of the molecule is NC(=O)/C(Cl)=C/Br. The number of carbonyl (C=O) groups excluding carboxylic acids is 1. The van der Waals surface area contributed by atoms with Crippen molar-refractivity contribution >= 4 is 33.4 Å². The van der Waals surface area contributed by atoms with Gasteiger partial charge in [0.1, 0.15) is 5.03 Å². The Morgan fingerprint density at radius 3 is 2.29 bits per heavy atom. The first-order chi connectivity index (χ1) is 3.18. The molecule has 40 valence electrons. The smallest absolute Gasteiger partial charge is 0.260 e. The third kappa shape index (κ3) is 2.65. The van der Waals surface area contributed by atoms with Crippen LogP contribution in [0.3, 0.4) is 0 Å². The number of hydrogen-bond donors (Lipinski definition) is 1. The summed E-state index contributed by atoms with van der Waals surface area (Å²) in [5, 5.41) is 0.000000000000000222. The van der Waals surface area contributed by atoms with E-state index in [-0.39, 0.29) is 5.03 Å². The standard InChI is InChI=1S/C3H3BrClNO/c4-1-2(5)3(6)7/h1H,(H2,6,7)/b2-1-. The molecule has 0 saturated heterocycles. The third-order valence-electron chi connectivity index (χ3n) is 0.331. The average molecular weight is 184 g/mol. The van der Waals surface area contributed by atoms with Crippen LogP contribution in [-0.4, -0.2) is 5.91 Å². The molecule has 2 nitrogen and oxygen atoms in total. The molecule has 0 heterocycles. The van der Waals surface area contributed by atoms with Crippen molar-refractivity contribution in [1.82, 2.24) is 0 Å². The Hall–Kier alpha value is -0.0200. The molecule has 0 bridgehead atoms. The van der Waals surface area contributed by atoms with Gasteiger partial charge in [-0.3, -0.25) is 4.79 Å². The van der Waals surface area contributed by atoms with Crippen LogP contribution in [0.15, 0.2) is 10.0 Å². The molecule has 0 fully saturated rings. The highest BCUT2D eigenvalue weighted by Crippen LogP contribution is 2.01. The molecule has 0 aromatic heterocycles. The summed E-state index contributed by atoms with van der Waals surface area (Å²) in [4.78, 5) is 11.2. The Kier molecular flexibility index (Phi) is 3.04. The van der Waals surface area contributed by atoms with Crippen molar-refractivity contribution in [3.8, 4) is 0 Å². The van der Waals surface area contributed by atoms with E-state index < -0.39 is 5.91 Å². The molecular formula is C3H3BrClNO. The van der Waals surface area contributed by atoms with Crippen molar-refractivity contribution in [2.75, 3.05) is 0 Å². The van der Waals surface area contributed by atoms with Gasteiger partial charge in [-0.05, 0) is 0 Å². The Morgan fingerprint density at radius 2 is 2.29 bits per heavy atom. The molecule has 0 spiro atoms. The molecule has 0 rings (SSSR count). The van der Waals surface area contributed by atoms with Crippen LogP contribution in [0.1, 0.15) is 0 Å². The van der Waals surface area contributed by atoms with Gasteiger partial charge in [0.25, 0.3) is 5.91 Å². The molecule has 2 N–H and O–H groups in total. The van der Waals surface area contributed by atoms with Crippen LogP contribution in [0, 0.1) is 0 Å². The monoisotopic (exact) mass is 183 g/mol. The number of amides is 1. The lowest BCUT2D eigenvalue weighted by atomic mass is 10.6. The van der Waals surface area contributed by atoms with Gasteiger partial charge in [-0.1, -0.05) is 27.5 Å². The largest absolute Gasteiger partial charge is 0.365 e. The lowest BCUT2D eigenvalue weighted by Crippen LogP contribution is -2.09. The predicted molar refractivity (Wildman–Crippen MR) is 32.1 cm³/mol. The molecule has 0 saturated carbocycles. The number of halogens is 2. The van der Waals surface area contributed by atoms with E-state index in [1.807, 2.05) is 0 Å². The van der Waals surface area contributed by atoms with Gasteiger partial charge in [0.05, 0.1) is 0 Å². The summed E-state index contributed by atoms with van der Waals surface area (Å²) in [6.45, 7) is 0. The summed E-state index contributed by atoms with van der Waals surface area (Å²) in [6, 6.07) is 0. The molecule has 0 aliphatic heterocycles. The first-order valence-electron chi connectivity index (χ1n) is 1.44. The van der Waals surface area contributed by atoms with Gasteiger partial charge in [-0.15, -0.1) is 0 Å². The minimum Gasteiger partial charge on any atom is -0.365 e. The van der Waals surface area contributed by atoms with Crippen molar-refractivity contribution < 1.29 is 4.79 Å². The minimum atomic E-state index is -0.626. The Labute approximate surface area is 54.5 Å². The maximum atomic E-state index is 9.92. The highest BCUT2D eigenvalue weighted by molar-refractivity contribution is 9.11. The molecule has 0 aliphatic carbocycles. The summed E-state index contributed by atoms with van der Waals surface area (Å²) in [6.07, 6.45) is 0. The first-order valence-corrected chi connectivity index (χ1v) is 2.73. The van der Waals surface area contributed by atoms with Crippen molar-refractivity contribution in [3.05, 3.63) is 10.0 Å². The van der Waals surface area contributed by atoms with E-state index in [0.29, 0.717) is 0 Å². The van der Waals surface area contributed by atoms with Gasteiger partial charge in [-0.25, -0.2) is 0 Å². The molecule has 1 amide bonds. The molecular weight excluding hydrogens is 181 g/mol. The van der Waals surface area contributed by atoms with Crippen molar-refractivity contribution in [1.29, 1.82) is 0 Å². The molecule has 0 aromatic carbocycles. The molecule has 0 radical (unpaired) electrons. The van der Waals surface area contributed by atoms with E-state index in [1.54, 1.807) is 0 Å². The van der Waals surface area contributed by atoms with Crippen LogP contribution in [-0.2, 0) is 4.79 Å². The van der Waals surface area contributed by atoms with Gasteiger partial charge >= 0.3 is 0 Å². The fourth-order valence-corrected chi connectivity index (χ4v) is 0.279. The summed E-state index contributed by atoms with van der Waals surface area (Å²) < 4.78 is 0. The normalized spacial score (nSPS) is 11.4. The van der Waals surface area contributed by atoms with Crippen molar-refractivity contribution in [2.45, 2.75) is 0 Å². The second-order valence-corrected chi connectivity index (χ2v) is 1.69. The van der Waals surface area contributed by atoms with E-state index in [0.717, 1.165) is 0 Å². The maximum Gasteiger partial charge on any atom is 0.260 e. The van der Waals surface area contributed by atoms with Crippen LogP contribution in [0.5, 0.6) is 0 Å². The second-order valence-electron chi connectivity index (χ2n) is 0.821. The van der Waals surface area contributed by atoms with E-state index >= 15 is 0 Å². The highest BCUT2D eigenvalue weighted by atomic mass is 79.9. The number of carbonyl (C=O) groups is 1. The summed E-state index contributed by atoms with van der Waals surface area (Å²) in [7, 11) is 0. The maximum absolute atomic E-state index is 9.92. The number of rotatable bonds is 1. The van der Waals surface area contributed by atoms with Gasteiger partial charge in [-0.2, -0.15) is 0 Å². The highest BCUT2D eigenvalue weighted by Gasteiger charge is 1.94. The molecule has 7 heavy (non-hydrogen) atoms. The zero-order valence-electron chi connectivity index (χ0n) is 3.32. The topological polar surface area (TPSA) is 43.1 Å². The van der Waals surface area contributed by atoms with Crippen molar-refractivity contribution in [2.24, 2.45) is 5.73 Å². The van der Waals surface area contributed by atoms with Crippen LogP contribution in [0.25, 0.3) is 0 Å². The van der Waals surface area contributed by atoms with E-state index in [4.69, 9.17) is 11.6 Å². The quantitative estimate of drug-likeness (QED) is 0.606. The number of primary amides is 1. The van der Waals surface area contributed by atoms with Crippen LogP contribution < -0.4 is 5.73 Å². The summed E-state index contributed by atoms with van der Waals surface area (Å²) >= 11 is 7.96. The molecule has 0 atom stereocenters. The first kappa shape index (κ1) is 6.98. The Morgan fingerprint density at radius 1 is 1.86 bits per heavy atom. The fraction of sp³-hybridized carbons (Fsp3) is 0. The van der Waals surface area contributed by atoms with E-state index in [9.17, 15) is 4.79 Å². The van der Waals surface area contributed by atoms with Gasteiger partial charge in [0, 0.05) is 4.99 Å². The van der Waals surface area contributed by atoms with Crippen LogP contribution >= 0.6 is 27.5 Å². The van der Waals surface area contributed by atoms with E-state index in [2.05, 4.69) is 21.7 Å². The summed E-state index contributed by atoms with van der Waals surface area (Å²) in [5.41, 5.74) is 4.68. The molecule has 0 aromatic rings. The average Bonchev–Trinajstić information content (AvgIpc) is 1.65. The predicted octanol–water partition coefficient (Wildman–Crippen LogP) is 0.947. The summed E-state index contributed by atoms with van der Waals surface area (Å²) in [5.74, 6) is -0.626. The Bertz CT molecular complexity index is 112. The molecule has 0 aliphatic rings. The van der Waals surface area contributed by atoms with E-state index in [1.165, 1.54) is 4.99 Å². The van der Waals surface area contributed by atoms with Gasteiger partial charge in [0.2, 0.25) is 0 Å². The number of nitrogens with two attached hydrogens (primary N) is 1. The van der Waals surface area contributed by atoms with Crippen LogP contribution in [0.4, 0.5) is 0 Å². The van der Waals surface area contributed by atoms with Crippen LogP contribution in [0.2, 0.25) is 0 Å². The molecule has 0 unspecified atom stereocenters. The molecule has 4 heteroatoms. The van der Waals surface area contributed by atoms with Crippen molar-refractivity contribution in [3.63, 3.8) is 0 Å². The fourth-order valence-electron chi connectivity index (χ4n) is 0.0538. The lowest BCUT2D eigenvalue weighted by Gasteiger charge is -1.81. The third-order valence-corrected chi connectivity index (χ3v) is 1.35. The lowest BCUT2D eigenvalue weighted by molar-refractivity contribution is -0.113. The van der Waals surface area contributed by atoms with Gasteiger partial charge < -0.3 is 5.73 Å². The zero-order valence-corrected chi connectivity index (χ0v) is 5.66. The number of hydrogen-bond acceptors (Lipinski definition) is 1. The Balaban J connectivity index is 3.82. The van der Waals surface area contributed by atoms with Gasteiger partial charge in [0.15, 0.2) is 0 Å². The zero-order chi connectivity index (χ0) is 5.86.